The van der Waals surface area contributed by atoms with Crippen LogP contribution >= 0.6 is 23.2 Å². The predicted octanol–water partition coefficient (Wildman–Crippen LogP) is 2.51. The molecule has 0 radical (unpaired) electrons. The van der Waals surface area contributed by atoms with Crippen LogP contribution in [0.15, 0.2) is 18.5 Å². The maximum absolute atomic E-state index is 5.92. The van der Waals surface area contributed by atoms with Gasteiger partial charge < -0.3 is 4.90 Å². The number of hydrogen-bond donors (Lipinski definition) is 0. The van der Waals surface area contributed by atoms with Gasteiger partial charge in [-0.25, -0.2) is 4.98 Å². The molecule has 5 heteroatoms. The lowest BCUT2D eigenvalue weighted by Crippen LogP contribution is -2.14. The highest BCUT2D eigenvalue weighted by atomic mass is 35.5. The quantitative estimate of drug-likeness (QED) is 0.675. The summed E-state index contributed by atoms with van der Waals surface area (Å²) in [6, 6.07) is 0. The van der Waals surface area contributed by atoms with Crippen molar-refractivity contribution < 1.29 is 0 Å². The van der Waals surface area contributed by atoms with Gasteiger partial charge in [-0.2, -0.15) is 4.98 Å². The molecule has 1 aromatic rings. The minimum absolute atomic E-state index is 0.222. The number of hydrogen-bond acceptors (Lipinski definition) is 3. The minimum atomic E-state index is 0.222. The lowest BCUT2D eigenvalue weighted by Gasteiger charge is -2.14. The van der Waals surface area contributed by atoms with E-state index in [-0.39, 0.29) is 5.28 Å². The molecule has 0 aliphatic carbocycles. The van der Waals surface area contributed by atoms with Gasteiger partial charge >= 0.3 is 0 Å². The van der Waals surface area contributed by atoms with Crippen molar-refractivity contribution in [2.75, 3.05) is 11.4 Å². The molecule has 3 nitrogen and oxygen atoms in total. The van der Waals surface area contributed by atoms with Crippen molar-refractivity contribution in [1.29, 1.82) is 0 Å². The second kappa shape index (κ2) is 3.52. The Morgan fingerprint density at radius 3 is 2.92 bits per heavy atom. The lowest BCUT2D eigenvalue weighted by atomic mass is 10.4. The van der Waals surface area contributed by atoms with Crippen LogP contribution in [0.25, 0.3) is 0 Å². The monoisotopic (exact) mass is 215 g/mol. The molecule has 0 amide bonds. The molecular weight excluding hydrogens is 209 g/mol. The van der Waals surface area contributed by atoms with Crippen molar-refractivity contribution in [1.82, 2.24) is 9.97 Å². The average molecular weight is 216 g/mol. The van der Waals surface area contributed by atoms with Crippen LogP contribution < -0.4 is 4.90 Å². The Balaban J connectivity index is 2.37. The van der Waals surface area contributed by atoms with E-state index in [4.69, 9.17) is 23.2 Å². The van der Waals surface area contributed by atoms with Crippen LogP contribution in [0, 0.1) is 0 Å². The molecule has 1 aromatic heterocycles. The Morgan fingerprint density at radius 1 is 1.38 bits per heavy atom. The van der Waals surface area contributed by atoms with E-state index >= 15 is 0 Å². The van der Waals surface area contributed by atoms with Crippen LogP contribution in [0.4, 0.5) is 5.82 Å². The van der Waals surface area contributed by atoms with Crippen LogP contribution in [-0.2, 0) is 0 Å². The molecule has 0 saturated heterocycles. The zero-order valence-corrected chi connectivity index (χ0v) is 8.26. The summed E-state index contributed by atoms with van der Waals surface area (Å²) >= 11 is 11.6. The van der Waals surface area contributed by atoms with Crippen molar-refractivity contribution in [3.8, 4) is 0 Å². The summed E-state index contributed by atoms with van der Waals surface area (Å²) in [5.41, 5.74) is 0. The standard InChI is InChI=1S/C8H7Cl2N3/c9-6-5-11-8(10)12-7(6)13-3-1-2-4-13/h1,3,5H,2,4H2. The molecule has 68 valence electrons. The van der Waals surface area contributed by atoms with Crippen LogP contribution in [0.5, 0.6) is 0 Å². The summed E-state index contributed by atoms with van der Waals surface area (Å²) in [5.74, 6) is 0.676. The van der Waals surface area contributed by atoms with Crippen LogP contribution in [-0.4, -0.2) is 16.5 Å². The van der Waals surface area contributed by atoms with Gasteiger partial charge in [0.25, 0.3) is 0 Å². The molecular formula is C8H7Cl2N3. The van der Waals surface area contributed by atoms with Crippen LogP contribution in [0.1, 0.15) is 6.42 Å². The maximum Gasteiger partial charge on any atom is 0.224 e. The number of rotatable bonds is 1. The molecule has 0 saturated carbocycles. The zero-order chi connectivity index (χ0) is 9.26. The summed E-state index contributed by atoms with van der Waals surface area (Å²) in [6.07, 6.45) is 6.53. The van der Waals surface area contributed by atoms with E-state index in [0.717, 1.165) is 13.0 Å². The Hall–Kier alpha value is -0.800. The zero-order valence-electron chi connectivity index (χ0n) is 6.74. The van der Waals surface area contributed by atoms with Gasteiger partial charge in [0.05, 0.1) is 6.20 Å². The van der Waals surface area contributed by atoms with Crippen LogP contribution in [0.3, 0.4) is 0 Å². The molecule has 2 rings (SSSR count). The molecule has 0 bridgehead atoms. The molecule has 0 spiro atoms. The number of halogens is 2. The molecule has 0 unspecified atom stereocenters. The molecule has 1 aliphatic heterocycles. The van der Waals surface area contributed by atoms with E-state index < -0.39 is 0 Å². The third-order valence-electron chi connectivity index (χ3n) is 1.79. The Labute approximate surface area is 86.0 Å². The molecule has 0 aromatic carbocycles. The first-order valence-corrected chi connectivity index (χ1v) is 4.64. The SMILES string of the molecule is Clc1ncc(Cl)c(N2C=CCC2)n1. The first-order valence-electron chi connectivity index (χ1n) is 3.89. The normalized spacial score (nSPS) is 15.4. The second-order valence-corrected chi connectivity index (χ2v) is 3.42. The number of anilines is 1. The second-order valence-electron chi connectivity index (χ2n) is 2.68. The van der Waals surface area contributed by atoms with E-state index in [0.29, 0.717) is 10.8 Å². The summed E-state index contributed by atoms with van der Waals surface area (Å²) in [7, 11) is 0. The van der Waals surface area contributed by atoms with Crippen molar-refractivity contribution in [2.24, 2.45) is 0 Å². The van der Waals surface area contributed by atoms with Crippen molar-refractivity contribution in [3.05, 3.63) is 28.8 Å². The van der Waals surface area contributed by atoms with E-state index in [1.807, 2.05) is 11.1 Å². The Bertz CT molecular complexity index is 351. The third-order valence-corrected chi connectivity index (χ3v) is 2.24. The van der Waals surface area contributed by atoms with Gasteiger partial charge in [0.1, 0.15) is 5.02 Å². The van der Waals surface area contributed by atoms with Crippen LogP contribution in [0.2, 0.25) is 10.3 Å². The Morgan fingerprint density at radius 2 is 2.23 bits per heavy atom. The molecule has 0 N–H and O–H groups in total. The summed E-state index contributed by atoms with van der Waals surface area (Å²) < 4.78 is 0. The van der Waals surface area contributed by atoms with Crippen molar-refractivity contribution in [2.45, 2.75) is 6.42 Å². The first-order chi connectivity index (χ1) is 6.27. The fourth-order valence-electron chi connectivity index (χ4n) is 1.21. The lowest BCUT2D eigenvalue weighted by molar-refractivity contribution is 0.962. The summed E-state index contributed by atoms with van der Waals surface area (Å²) in [6.45, 7) is 0.896. The number of nitrogens with zero attached hydrogens (tertiary/aromatic N) is 3. The van der Waals surface area contributed by atoms with E-state index in [2.05, 4.69) is 16.0 Å². The topological polar surface area (TPSA) is 29.0 Å². The molecule has 0 fully saturated rings. The highest BCUT2D eigenvalue weighted by Crippen LogP contribution is 2.25. The first kappa shape index (κ1) is 8.78. The van der Waals surface area contributed by atoms with E-state index in [1.165, 1.54) is 6.20 Å². The van der Waals surface area contributed by atoms with Gasteiger partial charge in [-0.05, 0) is 18.0 Å². The largest absolute Gasteiger partial charge is 0.332 e. The highest BCUT2D eigenvalue weighted by Gasteiger charge is 2.13. The van der Waals surface area contributed by atoms with Crippen molar-refractivity contribution >= 4 is 29.0 Å². The number of aromatic nitrogens is 2. The minimum Gasteiger partial charge on any atom is -0.332 e. The maximum atomic E-state index is 5.92. The molecule has 1 aliphatic rings. The Kier molecular flexibility index (Phi) is 2.38. The van der Waals surface area contributed by atoms with Gasteiger partial charge in [0.2, 0.25) is 5.28 Å². The van der Waals surface area contributed by atoms with Gasteiger partial charge in [-0.15, -0.1) is 0 Å². The summed E-state index contributed by atoms with van der Waals surface area (Å²) in [5, 5.41) is 0.746. The predicted molar refractivity (Wildman–Crippen MR) is 53.2 cm³/mol. The van der Waals surface area contributed by atoms with E-state index in [1.54, 1.807) is 0 Å². The molecule has 0 atom stereocenters. The molecule has 2 heterocycles. The fraction of sp³-hybridized carbons (Fsp3) is 0.250. The summed E-state index contributed by atoms with van der Waals surface area (Å²) in [4.78, 5) is 9.79. The van der Waals surface area contributed by atoms with Gasteiger partial charge in [-0.3, -0.25) is 0 Å². The van der Waals surface area contributed by atoms with Crippen molar-refractivity contribution in [3.63, 3.8) is 0 Å². The highest BCUT2D eigenvalue weighted by molar-refractivity contribution is 6.33. The molecule has 13 heavy (non-hydrogen) atoms. The van der Waals surface area contributed by atoms with Gasteiger partial charge in [-0.1, -0.05) is 17.7 Å². The smallest absolute Gasteiger partial charge is 0.224 e. The van der Waals surface area contributed by atoms with Gasteiger partial charge in [0, 0.05) is 12.7 Å². The third kappa shape index (κ3) is 1.76. The average Bonchev–Trinajstić information content (AvgIpc) is 2.61. The van der Waals surface area contributed by atoms with E-state index in [9.17, 15) is 0 Å². The van der Waals surface area contributed by atoms with Gasteiger partial charge in [0.15, 0.2) is 5.82 Å². The fourth-order valence-corrected chi connectivity index (χ4v) is 1.53.